The Morgan fingerprint density at radius 3 is 2.30 bits per heavy atom. The van der Waals surface area contributed by atoms with E-state index in [-0.39, 0.29) is 11.3 Å². The van der Waals surface area contributed by atoms with Gasteiger partial charge in [-0.2, -0.15) is 13.2 Å². The normalized spacial score (nSPS) is 13.2. The van der Waals surface area contributed by atoms with Gasteiger partial charge in [0.2, 0.25) is 0 Å². The van der Waals surface area contributed by atoms with Crippen molar-refractivity contribution < 1.29 is 55.2 Å². The maximum Gasteiger partial charge on any atom is 0.586 e. The fourth-order valence-electron chi connectivity index (χ4n) is 3.60. The van der Waals surface area contributed by atoms with Crippen LogP contribution in [0.1, 0.15) is 31.8 Å². The third-order valence-electron chi connectivity index (χ3n) is 5.32. The molecular weight excluding hydrogens is 550 g/mol. The van der Waals surface area contributed by atoms with Gasteiger partial charge in [-0.15, -0.1) is 8.78 Å². The van der Waals surface area contributed by atoms with Gasteiger partial charge in [-0.1, -0.05) is 11.8 Å². The zero-order valence-corrected chi connectivity index (χ0v) is 20.1. The zero-order chi connectivity index (χ0) is 29.2. The first-order valence-electron chi connectivity index (χ1n) is 11.0. The molecule has 1 heterocycles. The summed E-state index contributed by atoms with van der Waals surface area (Å²) in [5, 5.41) is 13.4. The van der Waals surface area contributed by atoms with Crippen LogP contribution in [0.2, 0.25) is 0 Å². The van der Waals surface area contributed by atoms with E-state index in [0.717, 1.165) is 18.2 Å². The second-order valence-electron chi connectivity index (χ2n) is 7.99. The first-order chi connectivity index (χ1) is 18.8. The van der Waals surface area contributed by atoms with Crippen LogP contribution in [0.3, 0.4) is 0 Å². The molecule has 208 valence electrons. The lowest BCUT2D eigenvalue weighted by Crippen LogP contribution is -2.25. The highest BCUT2D eigenvalue weighted by molar-refractivity contribution is 6.13. The van der Waals surface area contributed by atoms with Crippen molar-refractivity contribution in [1.29, 1.82) is 0 Å². The van der Waals surface area contributed by atoms with Crippen molar-refractivity contribution >= 4 is 23.2 Å². The van der Waals surface area contributed by atoms with E-state index < -0.39 is 70.7 Å². The average molecular weight is 566 g/mol. The Balaban J connectivity index is 1.72. The zero-order valence-electron chi connectivity index (χ0n) is 20.1. The number of benzene rings is 3. The van der Waals surface area contributed by atoms with Crippen molar-refractivity contribution in [3.63, 3.8) is 0 Å². The number of hydrogen-bond donors (Lipinski definition) is 3. The predicted octanol–water partition coefficient (Wildman–Crippen LogP) is 5.02. The van der Waals surface area contributed by atoms with E-state index in [0.29, 0.717) is 17.7 Å². The number of nitrogens with one attached hydrogen (secondary N) is 2. The number of ether oxygens (including phenoxy) is 3. The molecule has 0 unspecified atom stereocenters. The number of rotatable bonds is 5. The lowest BCUT2D eigenvalue weighted by Gasteiger charge is -2.15. The first-order valence-corrected chi connectivity index (χ1v) is 11.0. The quantitative estimate of drug-likeness (QED) is 0.296. The maximum atomic E-state index is 13.7. The van der Waals surface area contributed by atoms with Gasteiger partial charge in [0, 0.05) is 17.3 Å². The Morgan fingerprint density at radius 2 is 1.65 bits per heavy atom. The molecule has 3 N–H and O–H groups in total. The van der Waals surface area contributed by atoms with Crippen molar-refractivity contribution in [3.8, 4) is 29.1 Å². The van der Waals surface area contributed by atoms with Gasteiger partial charge in [0.15, 0.2) is 11.5 Å². The monoisotopic (exact) mass is 566 g/mol. The number of methoxy groups -OCH3 is 1. The van der Waals surface area contributed by atoms with Gasteiger partial charge >= 0.3 is 12.5 Å². The van der Waals surface area contributed by atoms with E-state index in [4.69, 9.17) is 9.84 Å². The molecule has 14 heteroatoms. The molecule has 0 saturated carbocycles. The summed E-state index contributed by atoms with van der Waals surface area (Å²) >= 11 is 0. The maximum absolute atomic E-state index is 13.7. The van der Waals surface area contributed by atoms with Gasteiger partial charge in [-0.3, -0.25) is 9.59 Å². The number of hydrogen-bond acceptors (Lipinski definition) is 6. The second kappa shape index (κ2) is 10.7. The third-order valence-corrected chi connectivity index (χ3v) is 5.32. The van der Waals surface area contributed by atoms with Crippen LogP contribution in [-0.4, -0.2) is 36.9 Å². The highest BCUT2D eigenvalue weighted by Gasteiger charge is 2.44. The van der Waals surface area contributed by atoms with Crippen molar-refractivity contribution in [2.24, 2.45) is 0 Å². The molecule has 2 amide bonds. The number of amides is 2. The standard InChI is InChI=1S/C26H16F6N2O6/c1-38-20-7-4-13(3-2-8-35)9-16(20)24(37)34-19-12-22-21(39-26(31,32)40-22)11-15(19)23(36)33-14-5-6-18(27)17(10-14)25(28,29)30/h4-7,9-12,35H,8H2,1H3,(H,33,36)(H,34,37). The number of alkyl halides is 5. The largest absolute Gasteiger partial charge is 0.586 e. The van der Waals surface area contributed by atoms with Gasteiger partial charge < -0.3 is 30.0 Å². The minimum atomic E-state index is -5.07. The number of carbonyl (C=O) groups is 2. The van der Waals surface area contributed by atoms with E-state index in [1.165, 1.54) is 25.3 Å². The summed E-state index contributed by atoms with van der Waals surface area (Å²) in [6, 6.07) is 7.53. The highest BCUT2D eigenvalue weighted by atomic mass is 19.4. The Labute approximate surface area is 221 Å². The van der Waals surface area contributed by atoms with Gasteiger partial charge in [0.05, 0.1) is 29.5 Å². The van der Waals surface area contributed by atoms with E-state index in [1.807, 2.05) is 0 Å². The number of halogens is 6. The summed E-state index contributed by atoms with van der Waals surface area (Å²) < 4.78 is 94.3. The van der Waals surface area contributed by atoms with Crippen LogP contribution in [0.15, 0.2) is 48.5 Å². The summed E-state index contributed by atoms with van der Waals surface area (Å²) in [5.74, 6) is 0.283. The van der Waals surface area contributed by atoms with Crippen molar-refractivity contribution in [2.75, 3.05) is 24.4 Å². The molecule has 40 heavy (non-hydrogen) atoms. The van der Waals surface area contributed by atoms with E-state index >= 15 is 0 Å². The molecule has 0 aromatic heterocycles. The van der Waals surface area contributed by atoms with E-state index in [9.17, 15) is 35.9 Å². The van der Waals surface area contributed by atoms with Gasteiger partial charge in [-0.05, 0) is 42.5 Å². The summed E-state index contributed by atoms with van der Waals surface area (Å²) in [6.45, 7) is -0.452. The number of aliphatic hydroxyl groups excluding tert-OH is 1. The molecule has 3 aromatic rings. The Kier molecular flexibility index (Phi) is 7.52. The molecule has 0 atom stereocenters. The number of aliphatic hydroxyl groups is 1. The number of anilines is 2. The van der Waals surface area contributed by atoms with E-state index in [1.54, 1.807) is 0 Å². The predicted molar refractivity (Wildman–Crippen MR) is 127 cm³/mol. The molecule has 0 spiro atoms. The van der Waals surface area contributed by atoms with Gasteiger partial charge in [0.25, 0.3) is 11.8 Å². The Morgan fingerprint density at radius 1 is 0.975 bits per heavy atom. The van der Waals surface area contributed by atoms with Crippen LogP contribution in [0, 0.1) is 17.7 Å². The number of fused-ring (bicyclic) bond motifs is 1. The minimum Gasteiger partial charge on any atom is -0.496 e. The van der Waals surface area contributed by atoms with Gasteiger partial charge in [0.1, 0.15) is 18.2 Å². The van der Waals surface area contributed by atoms with E-state index in [2.05, 4.69) is 31.9 Å². The van der Waals surface area contributed by atoms with Crippen LogP contribution in [0.5, 0.6) is 17.2 Å². The van der Waals surface area contributed by atoms with Crippen LogP contribution >= 0.6 is 0 Å². The molecule has 3 aromatic carbocycles. The second-order valence-corrected chi connectivity index (χ2v) is 7.99. The van der Waals surface area contributed by atoms with Crippen molar-refractivity contribution in [2.45, 2.75) is 12.5 Å². The molecule has 1 aliphatic heterocycles. The lowest BCUT2D eigenvalue weighted by molar-refractivity contribution is -0.286. The molecule has 0 fully saturated rings. The molecular formula is C26H16F6N2O6. The van der Waals surface area contributed by atoms with Crippen LogP contribution in [0.25, 0.3) is 0 Å². The molecule has 4 rings (SSSR count). The lowest BCUT2D eigenvalue weighted by atomic mass is 10.1. The summed E-state index contributed by atoms with van der Waals surface area (Å²) in [7, 11) is 1.27. The Hall–Kier alpha value is -4.90. The molecule has 0 saturated heterocycles. The SMILES string of the molecule is COc1ccc(C#CCO)cc1C(=O)Nc1cc2c(cc1C(=O)Nc1ccc(F)c(C(F)(F)F)c1)OC(F)(F)O2. The van der Waals surface area contributed by atoms with Gasteiger partial charge in [-0.25, -0.2) is 4.39 Å². The van der Waals surface area contributed by atoms with Crippen LogP contribution < -0.4 is 24.8 Å². The molecule has 0 radical (unpaired) electrons. The summed E-state index contributed by atoms with van der Waals surface area (Å²) in [5.41, 5.74) is -2.83. The van der Waals surface area contributed by atoms with Crippen molar-refractivity contribution in [1.82, 2.24) is 0 Å². The smallest absolute Gasteiger partial charge is 0.496 e. The minimum absolute atomic E-state index is 0.0660. The fraction of sp³-hybridized carbons (Fsp3) is 0.154. The molecule has 0 aliphatic carbocycles. The average Bonchev–Trinajstić information content (AvgIpc) is 3.19. The molecule has 0 bridgehead atoms. The van der Waals surface area contributed by atoms with Crippen molar-refractivity contribution in [3.05, 3.63) is 76.6 Å². The third kappa shape index (κ3) is 6.05. The van der Waals surface area contributed by atoms with Crippen LogP contribution in [0.4, 0.5) is 37.7 Å². The number of carbonyl (C=O) groups excluding carboxylic acids is 2. The topological polar surface area (TPSA) is 106 Å². The highest BCUT2D eigenvalue weighted by Crippen LogP contribution is 2.44. The fourth-order valence-corrected chi connectivity index (χ4v) is 3.60. The summed E-state index contributed by atoms with van der Waals surface area (Å²) in [6.07, 6.45) is -9.16. The molecule has 8 nitrogen and oxygen atoms in total. The summed E-state index contributed by atoms with van der Waals surface area (Å²) in [4.78, 5) is 26.2. The van der Waals surface area contributed by atoms with Crippen LogP contribution in [-0.2, 0) is 6.18 Å². The first kappa shape index (κ1) is 28.1. The Bertz CT molecular complexity index is 1560. The molecule has 1 aliphatic rings.